The first kappa shape index (κ1) is 13.8. The fourth-order valence-electron chi connectivity index (χ4n) is 2.47. The normalized spacial score (nSPS) is 16.3. The third-order valence-electron chi connectivity index (χ3n) is 3.58. The van der Waals surface area contributed by atoms with E-state index in [0.29, 0.717) is 5.56 Å². The van der Waals surface area contributed by atoms with Gasteiger partial charge < -0.3 is 16.0 Å². The van der Waals surface area contributed by atoms with Crippen LogP contribution in [0.15, 0.2) is 18.2 Å². The monoisotopic (exact) mass is 265 g/mol. The second kappa shape index (κ2) is 6.02. The molecule has 104 valence electrons. The summed E-state index contributed by atoms with van der Waals surface area (Å²) in [5.74, 6) is -0.278. The van der Waals surface area contributed by atoms with Gasteiger partial charge in [-0.2, -0.15) is 0 Å². The number of carbonyl (C=O) groups excluding carboxylic acids is 1. The van der Waals surface area contributed by atoms with Crippen molar-refractivity contribution in [3.63, 3.8) is 0 Å². The van der Waals surface area contributed by atoms with Crippen LogP contribution in [0.2, 0.25) is 0 Å². The zero-order valence-corrected chi connectivity index (χ0v) is 11.2. The Bertz CT molecular complexity index is 458. The maximum absolute atomic E-state index is 13.9. The lowest BCUT2D eigenvalue weighted by Crippen LogP contribution is -2.47. The number of carbonyl (C=O) groups is 1. The molecule has 19 heavy (non-hydrogen) atoms. The van der Waals surface area contributed by atoms with Gasteiger partial charge in [-0.05, 0) is 44.5 Å². The summed E-state index contributed by atoms with van der Waals surface area (Å²) in [5.41, 5.74) is 6.83. The molecule has 1 aromatic carbocycles. The van der Waals surface area contributed by atoms with Crippen molar-refractivity contribution in [2.24, 2.45) is 5.73 Å². The number of nitrogens with zero attached hydrogens (tertiary/aromatic N) is 1. The van der Waals surface area contributed by atoms with Crippen molar-refractivity contribution in [1.29, 1.82) is 0 Å². The summed E-state index contributed by atoms with van der Waals surface area (Å²) < 4.78 is 13.9. The van der Waals surface area contributed by atoms with E-state index in [2.05, 4.69) is 5.32 Å². The fraction of sp³-hybridized carbons (Fsp3) is 0.500. The third-order valence-corrected chi connectivity index (χ3v) is 3.58. The molecule has 4 nitrogen and oxygen atoms in total. The first-order valence-corrected chi connectivity index (χ1v) is 6.60. The Morgan fingerprint density at radius 3 is 2.74 bits per heavy atom. The minimum atomic E-state index is -0.480. The molecule has 2 amide bonds. The highest BCUT2D eigenvalue weighted by Crippen LogP contribution is 2.18. The standard InChI is InChI=1S/C14H20FN3O/c1-10-2-3-11(13(15)8-10)9-18(14(16)19)12-4-6-17-7-5-12/h2-3,8,12,17H,4-7,9H2,1H3,(H2,16,19). The van der Waals surface area contributed by atoms with Crippen LogP contribution in [0.1, 0.15) is 24.0 Å². The molecule has 5 heteroatoms. The van der Waals surface area contributed by atoms with E-state index in [9.17, 15) is 9.18 Å². The van der Waals surface area contributed by atoms with Crippen LogP contribution in [0.4, 0.5) is 9.18 Å². The van der Waals surface area contributed by atoms with E-state index in [0.717, 1.165) is 31.5 Å². The molecule has 1 saturated heterocycles. The summed E-state index contributed by atoms with van der Waals surface area (Å²) >= 11 is 0. The van der Waals surface area contributed by atoms with E-state index in [1.165, 1.54) is 6.07 Å². The van der Waals surface area contributed by atoms with Crippen molar-refractivity contribution >= 4 is 6.03 Å². The molecule has 3 N–H and O–H groups in total. The Hall–Kier alpha value is -1.62. The molecule has 0 atom stereocenters. The molecule has 0 saturated carbocycles. The van der Waals surface area contributed by atoms with Gasteiger partial charge in [0.2, 0.25) is 0 Å². The Kier molecular flexibility index (Phi) is 4.37. The lowest BCUT2D eigenvalue weighted by Gasteiger charge is -2.33. The third kappa shape index (κ3) is 3.44. The van der Waals surface area contributed by atoms with Crippen LogP contribution in [-0.4, -0.2) is 30.1 Å². The molecule has 0 radical (unpaired) electrons. The number of hydrogen-bond donors (Lipinski definition) is 2. The highest BCUT2D eigenvalue weighted by atomic mass is 19.1. The average Bonchev–Trinajstić information content (AvgIpc) is 2.38. The van der Waals surface area contributed by atoms with Gasteiger partial charge in [-0.15, -0.1) is 0 Å². The van der Waals surface area contributed by atoms with Gasteiger partial charge in [0.25, 0.3) is 0 Å². The molecule has 0 aromatic heterocycles. The Labute approximate surface area is 112 Å². The molecule has 1 heterocycles. The van der Waals surface area contributed by atoms with Gasteiger partial charge in [0.1, 0.15) is 5.82 Å². The van der Waals surface area contributed by atoms with Crippen LogP contribution in [-0.2, 0) is 6.54 Å². The van der Waals surface area contributed by atoms with Crippen LogP contribution < -0.4 is 11.1 Å². The zero-order valence-electron chi connectivity index (χ0n) is 11.2. The molecule has 1 aromatic rings. The Morgan fingerprint density at radius 2 is 2.16 bits per heavy atom. The number of nitrogens with two attached hydrogens (primary N) is 1. The van der Waals surface area contributed by atoms with Crippen molar-refractivity contribution in [3.8, 4) is 0 Å². The van der Waals surface area contributed by atoms with E-state index in [1.54, 1.807) is 11.0 Å². The SMILES string of the molecule is Cc1ccc(CN(C(N)=O)C2CCNCC2)c(F)c1. The van der Waals surface area contributed by atoms with Crippen molar-refractivity contribution in [2.45, 2.75) is 32.4 Å². The molecular weight excluding hydrogens is 245 g/mol. The largest absolute Gasteiger partial charge is 0.351 e. The smallest absolute Gasteiger partial charge is 0.315 e. The van der Waals surface area contributed by atoms with E-state index in [1.807, 2.05) is 13.0 Å². The highest BCUT2D eigenvalue weighted by molar-refractivity contribution is 5.72. The summed E-state index contributed by atoms with van der Waals surface area (Å²) in [6.07, 6.45) is 1.72. The van der Waals surface area contributed by atoms with E-state index in [4.69, 9.17) is 5.73 Å². The van der Waals surface area contributed by atoms with Gasteiger partial charge >= 0.3 is 6.03 Å². The predicted molar refractivity (Wildman–Crippen MR) is 72.2 cm³/mol. The van der Waals surface area contributed by atoms with Crippen molar-refractivity contribution in [3.05, 3.63) is 35.1 Å². The number of urea groups is 1. The van der Waals surface area contributed by atoms with Gasteiger partial charge in [-0.3, -0.25) is 0 Å². The molecule has 1 aliphatic rings. The van der Waals surface area contributed by atoms with Gasteiger partial charge in [-0.1, -0.05) is 12.1 Å². The molecule has 1 fully saturated rings. The number of amides is 2. The van der Waals surface area contributed by atoms with E-state index < -0.39 is 6.03 Å². The summed E-state index contributed by atoms with van der Waals surface area (Å²) in [6, 6.07) is 4.67. The highest BCUT2D eigenvalue weighted by Gasteiger charge is 2.24. The second-order valence-electron chi connectivity index (χ2n) is 5.04. The number of nitrogens with one attached hydrogen (secondary N) is 1. The van der Waals surface area contributed by atoms with Crippen LogP contribution >= 0.6 is 0 Å². The first-order valence-electron chi connectivity index (χ1n) is 6.60. The van der Waals surface area contributed by atoms with Crippen molar-refractivity contribution in [2.75, 3.05) is 13.1 Å². The van der Waals surface area contributed by atoms with Crippen LogP contribution in [0.3, 0.4) is 0 Å². The maximum atomic E-state index is 13.9. The second-order valence-corrected chi connectivity index (χ2v) is 5.04. The Balaban J connectivity index is 2.13. The Morgan fingerprint density at radius 1 is 1.47 bits per heavy atom. The number of aryl methyl sites for hydroxylation is 1. The summed E-state index contributed by atoms with van der Waals surface area (Å²) in [7, 11) is 0. The summed E-state index contributed by atoms with van der Waals surface area (Å²) in [5, 5.41) is 3.24. The molecule has 2 rings (SSSR count). The summed E-state index contributed by atoms with van der Waals surface area (Å²) in [4.78, 5) is 13.2. The van der Waals surface area contributed by atoms with Crippen molar-refractivity contribution < 1.29 is 9.18 Å². The van der Waals surface area contributed by atoms with Crippen molar-refractivity contribution in [1.82, 2.24) is 10.2 Å². The molecule has 0 spiro atoms. The number of benzene rings is 1. The minimum absolute atomic E-state index is 0.0967. The van der Waals surface area contributed by atoms with Gasteiger partial charge in [0.15, 0.2) is 0 Å². The maximum Gasteiger partial charge on any atom is 0.315 e. The van der Waals surface area contributed by atoms with E-state index in [-0.39, 0.29) is 18.4 Å². The number of piperidine rings is 1. The molecule has 1 aliphatic heterocycles. The molecular formula is C14H20FN3O. The van der Waals surface area contributed by atoms with Crippen LogP contribution in [0.5, 0.6) is 0 Å². The molecule has 0 aliphatic carbocycles. The molecule has 0 unspecified atom stereocenters. The zero-order chi connectivity index (χ0) is 13.8. The number of rotatable bonds is 3. The van der Waals surface area contributed by atoms with Crippen LogP contribution in [0.25, 0.3) is 0 Å². The fourth-order valence-corrected chi connectivity index (χ4v) is 2.47. The molecule has 0 bridgehead atoms. The lowest BCUT2D eigenvalue weighted by atomic mass is 10.0. The quantitative estimate of drug-likeness (QED) is 0.875. The number of halogens is 1. The summed E-state index contributed by atoms with van der Waals surface area (Å²) in [6.45, 7) is 3.81. The number of hydrogen-bond acceptors (Lipinski definition) is 2. The van der Waals surface area contributed by atoms with Gasteiger partial charge in [-0.25, -0.2) is 9.18 Å². The topological polar surface area (TPSA) is 58.4 Å². The first-order chi connectivity index (χ1) is 9.08. The van der Waals surface area contributed by atoms with E-state index >= 15 is 0 Å². The lowest BCUT2D eigenvalue weighted by molar-refractivity contribution is 0.162. The van der Waals surface area contributed by atoms with Gasteiger partial charge in [0, 0.05) is 11.6 Å². The predicted octanol–water partition coefficient (Wildman–Crippen LogP) is 1.77. The van der Waals surface area contributed by atoms with Crippen LogP contribution in [0, 0.1) is 12.7 Å². The van der Waals surface area contributed by atoms with Gasteiger partial charge in [0.05, 0.1) is 6.54 Å². The number of primary amides is 1. The average molecular weight is 265 g/mol. The minimum Gasteiger partial charge on any atom is -0.351 e.